The summed E-state index contributed by atoms with van der Waals surface area (Å²) in [6, 6.07) is 13.9. The molecule has 2 aromatic rings. The average molecular weight is 410 g/mol. The molecule has 0 radical (unpaired) electrons. The van der Waals surface area contributed by atoms with Crippen LogP contribution in [0.15, 0.2) is 53.4 Å². The van der Waals surface area contributed by atoms with Gasteiger partial charge in [-0.3, -0.25) is 0 Å². The molecule has 2 aromatic carbocycles. The van der Waals surface area contributed by atoms with Gasteiger partial charge in [0.05, 0.1) is 10.1 Å². The topological polar surface area (TPSA) is 80.8 Å². The van der Waals surface area contributed by atoms with Gasteiger partial charge in [0.15, 0.2) is 0 Å². The highest BCUT2D eigenvalue weighted by atomic mass is 32.2. The fourth-order valence-electron chi connectivity index (χ4n) is 3.13. The zero-order valence-electron chi connectivity index (χ0n) is 15.3. The molecule has 0 amide bonds. The van der Waals surface area contributed by atoms with Crippen molar-refractivity contribution in [3.63, 3.8) is 0 Å². The normalized spacial score (nSPS) is 17.0. The largest absolute Gasteiger partial charge is 0.457 e. The van der Waals surface area contributed by atoms with Crippen molar-refractivity contribution < 1.29 is 21.6 Å². The van der Waals surface area contributed by atoms with Gasteiger partial charge in [0.1, 0.15) is 21.3 Å². The van der Waals surface area contributed by atoms with Gasteiger partial charge < -0.3 is 4.74 Å². The summed E-state index contributed by atoms with van der Waals surface area (Å²) in [4.78, 5) is 0.178. The average Bonchev–Trinajstić information content (AvgIpc) is 2.63. The Morgan fingerprint density at radius 1 is 0.926 bits per heavy atom. The van der Waals surface area contributed by atoms with E-state index in [1.807, 2.05) is 31.2 Å². The molecular formula is C19H23NO5S2. The minimum absolute atomic E-state index is 0.178. The fraction of sp³-hybridized carbons (Fsp3) is 0.368. The molecule has 6 nitrogen and oxygen atoms in total. The lowest BCUT2D eigenvalue weighted by molar-refractivity contribution is 0.346. The summed E-state index contributed by atoms with van der Waals surface area (Å²) in [6.45, 7) is 2.36. The monoisotopic (exact) mass is 409 g/mol. The van der Waals surface area contributed by atoms with Crippen molar-refractivity contribution in [1.82, 2.24) is 4.31 Å². The number of piperidine rings is 1. The quantitative estimate of drug-likeness (QED) is 0.758. The van der Waals surface area contributed by atoms with E-state index in [1.165, 1.54) is 22.7 Å². The van der Waals surface area contributed by atoms with E-state index in [4.69, 9.17) is 4.74 Å². The highest BCUT2D eigenvalue weighted by Gasteiger charge is 2.33. The highest BCUT2D eigenvalue weighted by Crippen LogP contribution is 2.28. The summed E-state index contributed by atoms with van der Waals surface area (Å²) < 4.78 is 56.0. The van der Waals surface area contributed by atoms with Crippen LogP contribution in [0.2, 0.25) is 0 Å². The molecule has 1 aliphatic rings. The number of benzene rings is 2. The summed E-state index contributed by atoms with van der Waals surface area (Å²) in [5.41, 5.74) is 0.989. The van der Waals surface area contributed by atoms with Crippen LogP contribution in [0.1, 0.15) is 18.4 Å². The Balaban J connectivity index is 1.72. The molecule has 1 saturated heterocycles. The maximum atomic E-state index is 12.8. The molecule has 27 heavy (non-hydrogen) atoms. The van der Waals surface area contributed by atoms with Gasteiger partial charge in [-0.1, -0.05) is 18.2 Å². The zero-order valence-corrected chi connectivity index (χ0v) is 17.0. The maximum absolute atomic E-state index is 12.8. The Morgan fingerprint density at radius 3 is 2.07 bits per heavy atom. The van der Waals surface area contributed by atoms with Gasteiger partial charge in [0.25, 0.3) is 0 Å². The van der Waals surface area contributed by atoms with Crippen molar-refractivity contribution >= 4 is 19.9 Å². The van der Waals surface area contributed by atoms with Crippen LogP contribution in [0, 0.1) is 6.92 Å². The van der Waals surface area contributed by atoms with Crippen molar-refractivity contribution in [3.05, 3.63) is 54.1 Å². The van der Waals surface area contributed by atoms with Gasteiger partial charge >= 0.3 is 0 Å². The molecule has 8 heteroatoms. The van der Waals surface area contributed by atoms with E-state index in [1.54, 1.807) is 12.1 Å². The van der Waals surface area contributed by atoms with Gasteiger partial charge in [-0.05, 0) is 55.7 Å². The zero-order chi connectivity index (χ0) is 19.7. The Morgan fingerprint density at radius 2 is 1.52 bits per heavy atom. The SMILES string of the molecule is Cc1ccccc1Oc1ccc(S(=O)(=O)N2CCC(S(C)(=O)=O)CC2)cc1. The van der Waals surface area contributed by atoms with Crippen molar-refractivity contribution in [2.45, 2.75) is 29.9 Å². The molecule has 0 bridgehead atoms. The van der Waals surface area contributed by atoms with E-state index in [-0.39, 0.29) is 18.0 Å². The van der Waals surface area contributed by atoms with E-state index in [2.05, 4.69) is 0 Å². The Bertz CT molecular complexity index is 1010. The number of sulfonamides is 1. The molecule has 1 aliphatic heterocycles. The van der Waals surface area contributed by atoms with Gasteiger partial charge in [0, 0.05) is 19.3 Å². The first-order valence-electron chi connectivity index (χ1n) is 8.70. The molecule has 0 spiro atoms. The van der Waals surface area contributed by atoms with Crippen molar-refractivity contribution in [2.75, 3.05) is 19.3 Å². The second-order valence-corrected chi connectivity index (χ2v) is 11.0. The van der Waals surface area contributed by atoms with Gasteiger partial charge in [-0.2, -0.15) is 4.31 Å². The molecule has 1 fully saturated rings. The summed E-state index contributed by atoms with van der Waals surface area (Å²) in [5, 5.41) is -0.464. The van der Waals surface area contributed by atoms with Crippen LogP contribution in [0.5, 0.6) is 11.5 Å². The number of hydrogen-bond acceptors (Lipinski definition) is 5. The first kappa shape index (κ1) is 19.9. The van der Waals surface area contributed by atoms with E-state index < -0.39 is 25.1 Å². The van der Waals surface area contributed by atoms with Gasteiger partial charge in [-0.25, -0.2) is 16.8 Å². The van der Waals surface area contributed by atoms with Crippen LogP contribution < -0.4 is 4.74 Å². The van der Waals surface area contributed by atoms with Crippen LogP contribution in [-0.2, 0) is 19.9 Å². The van der Waals surface area contributed by atoms with Crippen molar-refractivity contribution in [2.24, 2.45) is 0 Å². The van der Waals surface area contributed by atoms with Crippen LogP contribution >= 0.6 is 0 Å². The van der Waals surface area contributed by atoms with Crippen molar-refractivity contribution in [1.29, 1.82) is 0 Å². The molecule has 0 aromatic heterocycles. The summed E-state index contributed by atoms with van der Waals surface area (Å²) in [5.74, 6) is 1.27. The van der Waals surface area contributed by atoms with Crippen LogP contribution in [0.4, 0.5) is 0 Å². The first-order valence-corrected chi connectivity index (χ1v) is 12.1. The summed E-state index contributed by atoms with van der Waals surface area (Å²) >= 11 is 0. The minimum Gasteiger partial charge on any atom is -0.457 e. The lowest BCUT2D eigenvalue weighted by Gasteiger charge is -2.30. The van der Waals surface area contributed by atoms with Crippen LogP contribution in [0.3, 0.4) is 0 Å². The molecule has 146 valence electrons. The number of nitrogens with zero attached hydrogens (tertiary/aromatic N) is 1. The van der Waals surface area contributed by atoms with Crippen LogP contribution in [0.25, 0.3) is 0 Å². The number of aryl methyl sites for hydroxylation is 1. The number of para-hydroxylation sites is 1. The first-order chi connectivity index (χ1) is 12.7. The third-order valence-corrected chi connectivity index (χ3v) is 8.38. The molecule has 3 rings (SSSR count). The maximum Gasteiger partial charge on any atom is 0.243 e. The Labute approximate surface area is 160 Å². The van der Waals surface area contributed by atoms with Gasteiger partial charge in [-0.15, -0.1) is 0 Å². The third kappa shape index (κ3) is 4.51. The Kier molecular flexibility index (Phi) is 5.60. The number of ether oxygens (including phenoxy) is 1. The van der Waals surface area contributed by atoms with Crippen LogP contribution in [-0.4, -0.2) is 45.7 Å². The van der Waals surface area contributed by atoms with E-state index in [9.17, 15) is 16.8 Å². The molecule has 0 aliphatic carbocycles. The molecule has 1 heterocycles. The Hall–Kier alpha value is -1.90. The number of rotatable bonds is 5. The van der Waals surface area contributed by atoms with E-state index in [0.717, 1.165) is 11.3 Å². The highest BCUT2D eigenvalue weighted by molar-refractivity contribution is 7.91. The molecule has 0 saturated carbocycles. The predicted octanol–water partition coefficient (Wildman–Crippen LogP) is 2.99. The standard InChI is InChI=1S/C19H23NO5S2/c1-15-5-3-4-6-19(15)25-16-7-9-18(10-8-16)27(23,24)20-13-11-17(12-14-20)26(2,21)22/h3-10,17H,11-14H2,1-2H3. The lowest BCUT2D eigenvalue weighted by atomic mass is 10.2. The number of hydrogen-bond donors (Lipinski definition) is 0. The second kappa shape index (κ2) is 7.61. The molecule has 0 atom stereocenters. The minimum atomic E-state index is -3.65. The molecule has 0 unspecified atom stereocenters. The van der Waals surface area contributed by atoms with Gasteiger partial charge in [0.2, 0.25) is 10.0 Å². The number of sulfone groups is 1. The third-order valence-electron chi connectivity index (χ3n) is 4.79. The summed E-state index contributed by atoms with van der Waals surface area (Å²) in [7, 11) is -6.78. The molecular weight excluding hydrogens is 386 g/mol. The molecule has 0 N–H and O–H groups in total. The van der Waals surface area contributed by atoms with Crippen molar-refractivity contribution in [3.8, 4) is 11.5 Å². The second-order valence-electron chi connectivity index (χ2n) is 6.77. The lowest BCUT2D eigenvalue weighted by Crippen LogP contribution is -2.42. The van der Waals surface area contributed by atoms with E-state index >= 15 is 0 Å². The fourth-order valence-corrected chi connectivity index (χ4v) is 5.66. The smallest absolute Gasteiger partial charge is 0.243 e. The predicted molar refractivity (Wildman–Crippen MR) is 104 cm³/mol. The van der Waals surface area contributed by atoms with E-state index in [0.29, 0.717) is 18.6 Å². The summed E-state index contributed by atoms with van der Waals surface area (Å²) in [6.07, 6.45) is 1.86.